The first kappa shape index (κ1) is 18.5. The third-order valence-electron chi connectivity index (χ3n) is 6.07. The minimum absolute atomic E-state index is 0.0174. The molecule has 0 radical (unpaired) electrons. The van der Waals surface area contributed by atoms with Crippen molar-refractivity contribution in [3.63, 3.8) is 0 Å². The van der Waals surface area contributed by atoms with E-state index in [0.29, 0.717) is 31.2 Å². The lowest BCUT2D eigenvalue weighted by Gasteiger charge is -2.26. The quantitative estimate of drug-likeness (QED) is 0.520. The molecule has 1 fully saturated rings. The van der Waals surface area contributed by atoms with Crippen LogP contribution in [0, 0.1) is 0 Å². The molecule has 8 nitrogen and oxygen atoms in total. The Labute approximate surface area is 182 Å². The van der Waals surface area contributed by atoms with Crippen LogP contribution in [0.2, 0.25) is 5.02 Å². The Balaban J connectivity index is 1.34. The van der Waals surface area contributed by atoms with Gasteiger partial charge in [-0.25, -0.2) is 0 Å². The molecule has 6 rings (SSSR count). The van der Waals surface area contributed by atoms with Crippen LogP contribution >= 0.6 is 11.6 Å². The predicted octanol–water partition coefficient (Wildman–Crippen LogP) is 3.32. The van der Waals surface area contributed by atoms with E-state index >= 15 is 0 Å². The van der Waals surface area contributed by atoms with Gasteiger partial charge >= 0.3 is 0 Å². The Hall–Kier alpha value is -3.23. The number of aromatic amines is 1. The molecule has 0 saturated carbocycles. The van der Waals surface area contributed by atoms with E-state index in [-0.39, 0.29) is 18.0 Å². The van der Waals surface area contributed by atoms with Crippen LogP contribution in [-0.2, 0) is 17.7 Å². The molecule has 1 N–H and O–H groups in total. The number of nitrogens with one attached hydrogen (secondary N) is 1. The zero-order valence-electron chi connectivity index (χ0n) is 16.5. The molecule has 1 saturated heterocycles. The number of amides is 1. The number of carbonyl (C=O) groups is 1. The second-order valence-electron chi connectivity index (χ2n) is 8.00. The van der Waals surface area contributed by atoms with Gasteiger partial charge in [0.2, 0.25) is 0 Å². The van der Waals surface area contributed by atoms with Crippen molar-refractivity contribution in [2.75, 3.05) is 13.2 Å². The normalized spacial score (nSPS) is 18.5. The van der Waals surface area contributed by atoms with Crippen LogP contribution in [0.3, 0.4) is 0 Å². The molecule has 156 valence electrons. The number of nitrogens with zero attached hydrogens (tertiary/aromatic N) is 5. The number of hydrogen-bond donors (Lipinski definition) is 1. The van der Waals surface area contributed by atoms with Gasteiger partial charge in [-0.15, -0.1) is 5.10 Å². The molecule has 0 aliphatic carbocycles. The summed E-state index contributed by atoms with van der Waals surface area (Å²) >= 11 is 6.53. The largest absolute Gasteiger partial charge is 0.377 e. The molecule has 1 atom stereocenters. The van der Waals surface area contributed by atoms with Gasteiger partial charge in [-0.1, -0.05) is 41.1 Å². The first-order valence-electron chi connectivity index (χ1n) is 10.2. The highest BCUT2D eigenvalue weighted by molar-refractivity contribution is 6.31. The van der Waals surface area contributed by atoms with Gasteiger partial charge < -0.3 is 9.64 Å². The van der Waals surface area contributed by atoms with Gasteiger partial charge in [-0.2, -0.15) is 5.10 Å². The summed E-state index contributed by atoms with van der Waals surface area (Å²) in [7, 11) is 0. The van der Waals surface area contributed by atoms with Crippen LogP contribution in [-0.4, -0.2) is 49.2 Å². The molecule has 31 heavy (non-hydrogen) atoms. The zero-order valence-corrected chi connectivity index (χ0v) is 17.3. The highest BCUT2D eigenvalue weighted by Crippen LogP contribution is 2.38. The van der Waals surface area contributed by atoms with Crippen molar-refractivity contribution in [1.82, 2.24) is 30.1 Å². The fourth-order valence-corrected chi connectivity index (χ4v) is 4.54. The van der Waals surface area contributed by atoms with E-state index in [4.69, 9.17) is 21.4 Å². The number of ether oxygens (including phenoxy) is 1. The highest BCUT2D eigenvalue weighted by atomic mass is 35.5. The minimum atomic E-state index is -0.143. The Bertz CT molecular complexity index is 1290. The number of halogens is 1. The third-order valence-corrected chi connectivity index (χ3v) is 6.39. The molecule has 4 heterocycles. The molecule has 1 unspecified atom stereocenters. The predicted molar refractivity (Wildman–Crippen MR) is 114 cm³/mol. The number of benzene rings is 2. The summed E-state index contributed by atoms with van der Waals surface area (Å²) in [6, 6.07) is 13.8. The van der Waals surface area contributed by atoms with E-state index in [0.717, 1.165) is 33.4 Å². The molecule has 2 aromatic carbocycles. The van der Waals surface area contributed by atoms with Gasteiger partial charge in [0.15, 0.2) is 0 Å². The summed E-state index contributed by atoms with van der Waals surface area (Å²) in [5, 5.41) is 16.1. The lowest BCUT2D eigenvalue weighted by atomic mass is 10.0. The smallest absolute Gasteiger partial charge is 0.255 e. The molecule has 2 aliphatic heterocycles. The van der Waals surface area contributed by atoms with Gasteiger partial charge in [0, 0.05) is 24.7 Å². The Kier molecular flexibility index (Phi) is 4.29. The van der Waals surface area contributed by atoms with Crippen molar-refractivity contribution >= 4 is 28.5 Å². The highest BCUT2D eigenvalue weighted by Gasteiger charge is 2.37. The molecular weight excluding hydrogens is 416 g/mol. The van der Waals surface area contributed by atoms with Crippen LogP contribution in [0.15, 0.2) is 48.7 Å². The number of hydrogen-bond acceptors (Lipinski definition) is 5. The van der Waals surface area contributed by atoms with Gasteiger partial charge in [0.25, 0.3) is 5.91 Å². The number of rotatable bonds is 5. The summed E-state index contributed by atoms with van der Waals surface area (Å²) in [6.07, 6.45) is 2.41. The monoisotopic (exact) mass is 434 g/mol. The standard InChI is InChI=1S/C22H19ClN6O2/c23-17-10-29(14-11-31-12-14)26-19(17)8-21-15-3-1-2-4-16(15)22(30)28(21)9-13-5-6-18-20(7-13)25-27-24-18/h1-7,10,14,21H,8-9,11-12H2,(H,24,25,27). The second-order valence-corrected chi connectivity index (χ2v) is 8.41. The van der Waals surface area contributed by atoms with E-state index in [2.05, 4.69) is 15.4 Å². The lowest BCUT2D eigenvalue weighted by molar-refractivity contribution is -0.0288. The Morgan fingerprint density at radius 1 is 1.19 bits per heavy atom. The van der Waals surface area contributed by atoms with E-state index in [1.807, 2.05) is 58.2 Å². The average molecular weight is 435 g/mol. The summed E-state index contributed by atoms with van der Waals surface area (Å²) in [5.74, 6) is 0.0174. The topological polar surface area (TPSA) is 88.9 Å². The second kappa shape index (κ2) is 7.18. The molecule has 1 amide bonds. The van der Waals surface area contributed by atoms with Crippen molar-refractivity contribution in [3.05, 3.63) is 76.1 Å². The Morgan fingerprint density at radius 2 is 2.06 bits per heavy atom. The summed E-state index contributed by atoms with van der Waals surface area (Å²) in [4.78, 5) is 15.2. The maximum Gasteiger partial charge on any atom is 0.255 e. The number of H-pyrrole nitrogens is 1. The van der Waals surface area contributed by atoms with E-state index in [1.165, 1.54) is 0 Å². The number of aromatic nitrogens is 5. The molecule has 2 aromatic heterocycles. The fourth-order valence-electron chi connectivity index (χ4n) is 4.32. The number of carbonyl (C=O) groups excluding carboxylic acids is 1. The molecule has 2 aliphatic rings. The van der Waals surface area contributed by atoms with Crippen molar-refractivity contribution < 1.29 is 9.53 Å². The zero-order chi connectivity index (χ0) is 20.9. The molecule has 9 heteroatoms. The summed E-state index contributed by atoms with van der Waals surface area (Å²) in [5.41, 5.74) is 5.18. The van der Waals surface area contributed by atoms with Crippen molar-refractivity contribution in [2.45, 2.75) is 25.0 Å². The Morgan fingerprint density at radius 3 is 2.90 bits per heavy atom. The van der Waals surface area contributed by atoms with Gasteiger partial charge in [0.05, 0.1) is 41.5 Å². The summed E-state index contributed by atoms with van der Waals surface area (Å²) in [6.45, 7) is 1.77. The van der Waals surface area contributed by atoms with Crippen LogP contribution in [0.1, 0.15) is 39.3 Å². The van der Waals surface area contributed by atoms with E-state index in [9.17, 15) is 4.79 Å². The first-order valence-corrected chi connectivity index (χ1v) is 10.6. The molecule has 0 bridgehead atoms. The van der Waals surface area contributed by atoms with Gasteiger partial charge in [-0.05, 0) is 29.3 Å². The van der Waals surface area contributed by atoms with Gasteiger partial charge in [0.1, 0.15) is 5.52 Å². The van der Waals surface area contributed by atoms with Gasteiger partial charge in [-0.3, -0.25) is 14.6 Å². The number of fused-ring (bicyclic) bond motifs is 2. The van der Waals surface area contributed by atoms with Crippen LogP contribution in [0.25, 0.3) is 11.0 Å². The maximum absolute atomic E-state index is 13.3. The summed E-state index contributed by atoms with van der Waals surface area (Å²) < 4.78 is 7.15. The van der Waals surface area contributed by atoms with Crippen LogP contribution in [0.4, 0.5) is 0 Å². The lowest BCUT2D eigenvalue weighted by Crippen LogP contribution is -2.31. The van der Waals surface area contributed by atoms with Crippen molar-refractivity contribution in [3.8, 4) is 0 Å². The molecule has 0 spiro atoms. The van der Waals surface area contributed by atoms with Crippen molar-refractivity contribution in [1.29, 1.82) is 0 Å². The molecular formula is C22H19ClN6O2. The van der Waals surface area contributed by atoms with Crippen LogP contribution < -0.4 is 0 Å². The third kappa shape index (κ3) is 3.10. The first-order chi connectivity index (χ1) is 15.2. The minimum Gasteiger partial charge on any atom is -0.377 e. The van der Waals surface area contributed by atoms with E-state index < -0.39 is 0 Å². The van der Waals surface area contributed by atoms with E-state index in [1.54, 1.807) is 0 Å². The average Bonchev–Trinajstić information content (AvgIpc) is 3.40. The molecule has 4 aromatic rings. The van der Waals surface area contributed by atoms with Crippen LogP contribution in [0.5, 0.6) is 0 Å². The van der Waals surface area contributed by atoms with Crippen molar-refractivity contribution in [2.24, 2.45) is 0 Å². The SMILES string of the molecule is O=C1c2ccccc2C(Cc2nn(C3COC3)cc2Cl)N1Cc1ccc2[nH]nnc2c1. The fraction of sp³-hybridized carbons (Fsp3) is 0.273. The maximum atomic E-state index is 13.3.